The van der Waals surface area contributed by atoms with Crippen molar-refractivity contribution in [3.8, 4) is 11.8 Å². The van der Waals surface area contributed by atoms with Gasteiger partial charge in [0.25, 0.3) is 0 Å². The molecule has 28 heavy (non-hydrogen) atoms. The highest BCUT2D eigenvalue weighted by molar-refractivity contribution is 5.82. The molecule has 0 N–H and O–H groups in total. The third-order valence-electron chi connectivity index (χ3n) is 5.10. The number of alkyl halides is 3. The lowest BCUT2D eigenvalue weighted by Gasteiger charge is -2.42. The number of amides is 1. The van der Waals surface area contributed by atoms with Gasteiger partial charge in [-0.25, -0.2) is 4.39 Å². The molecule has 0 bridgehead atoms. The van der Waals surface area contributed by atoms with Crippen molar-refractivity contribution in [2.45, 2.75) is 25.1 Å². The van der Waals surface area contributed by atoms with Gasteiger partial charge < -0.3 is 4.90 Å². The van der Waals surface area contributed by atoms with Gasteiger partial charge in [-0.3, -0.25) is 14.6 Å². The molecule has 0 spiro atoms. The van der Waals surface area contributed by atoms with Crippen molar-refractivity contribution in [1.82, 2.24) is 14.7 Å². The summed E-state index contributed by atoms with van der Waals surface area (Å²) in [6, 6.07) is 5.53. The van der Waals surface area contributed by atoms with E-state index in [1.54, 1.807) is 12.1 Å². The fourth-order valence-corrected chi connectivity index (χ4v) is 3.65. The SMILES string of the molecule is O=C1[C@@H](N2CCN(CC#Cc3ccc(F)cc3)CC2)CCCN1CC(F)(F)F. The smallest absolute Gasteiger partial charge is 0.332 e. The van der Waals surface area contributed by atoms with Crippen LogP contribution in [0.2, 0.25) is 0 Å². The van der Waals surface area contributed by atoms with Crippen LogP contribution in [-0.2, 0) is 4.79 Å². The number of nitrogens with zero attached hydrogens (tertiary/aromatic N) is 3. The zero-order valence-electron chi connectivity index (χ0n) is 15.5. The van der Waals surface area contributed by atoms with E-state index in [9.17, 15) is 22.4 Å². The Morgan fingerprint density at radius 2 is 1.71 bits per heavy atom. The number of benzene rings is 1. The molecule has 1 atom stereocenters. The Kier molecular flexibility index (Phi) is 6.57. The number of likely N-dealkylation sites (tertiary alicyclic amines) is 1. The molecule has 152 valence electrons. The van der Waals surface area contributed by atoms with Crippen LogP contribution in [-0.4, -0.2) is 78.6 Å². The summed E-state index contributed by atoms with van der Waals surface area (Å²) in [6.45, 7) is 2.25. The van der Waals surface area contributed by atoms with Crippen molar-refractivity contribution in [2.75, 3.05) is 45.8 Å². The molecule has 2 aliphatic rings. The summed E-state index contributed by atoms with van der Waals surface area (Å²) < 4.78 is 50.8. The number of carbonyl (C=O) groups is 1. The number of piperidine rings is 1. The van der Waals surface area contributed by atoms with E-state index in [-0.39, 0.29) is 12.4 Å². The molecule has 8 heteroatoms. The maximum atomic E-state index is 12.9. The van der Waals surface area contributed by atoms with Crippen molar-refractivity contribution < 1.29 is 22.4 Å². The molecule has 2 aliphatic heterocycles. The van der Waals surface area contributed by atoms with Crippen molar-refractivity contribution in [1.29, 1.82) is 0 Å². The minimum atomic E-state index is -4.36. The number of rotatable bonds is 3. The highest BCUT2D eigenvalue weighted by atomic mass is 19.4. The minimum absolute atomic E-state index is 0.174. The lowest BCUT2D eigenvalue weighted by atomic mass is 10.0. The van der Waals surface area contributed by atoms with Gasteiger partial charge in [-0.05, 0) is 37.1 Å². The van der Waals surface area contributed by atoms with Gasteiger partial charge in [-0.1, -0.05) is 11.8 Å². The van der Waals surface area contributed by atoms with Crippen LogP contribution in [0.25, 0.3) is 0 Å². The molecule has 2 saturated heterocycles. The van der Waals surface area contributed by atoms with E-state index in [1.807, 2.05) is 4.90 Å². The van der Waals surface area contributed by atoms with Crippen LogP contribution in [0.1, 0.15) is 18.4 Å². The monoisotopic (exact) mass is 397 g/mol. The lowest BCUT2D eigenvalue weighted by Crippen LogP contribution is -2.58. The lowest BCUT2D eigenvalue weighted by molar-refractivity contribution is -0.168. The second-order valence-corrected chi connectivity index (χ2v) is 7.15. The highest BCUT2D eigenvalue weighted by Gasteiger charge is 2.39. The Bertz CT molecular complexity index is 731. The van der Waals surface area contributed by atoms with Gasteiger partial charge in [0.15, 0.2) is 0 Å². The maximum Gasteiger partial charge on any atom is 0.406 e. The van der Waals surface area contributed by atoms with Crippen LogP contribution in [0.3, 0.4) is 0 Å². The molecule has 2 heterocycles. The first-order valence-electron chi connectivity index (χ1n) is 9.38. The van der Waals surface area contributed by atoms with Crippen LogP contribution in [0.5, 0.6) is 0 Å². The van der Waals surface area contributed by atoms with Gasteiger partial charge in [-0.15, -0.1) is 0 Å². The number of piperazine rings is 1. The summed E-state index contributed by atoms with van der Waals surface area (Å²) in [5.41, 5.74) is 0.748. The molecular formula is C20H23F4N3O. The predicted octanol–water partition coefficient (Wildman–Crippen LogP) is 2.35. The van der Waals surface area contributed by atoms with Crippen molar-refractivity contribution >= 4 is 5.91 Å². The van der Waals surface area contributed by atoms with E-state index < -0.39 is 24.7 Å². The first-order valence-corrected chi connectivity index (χ1v) is 9.38. The second-order valence-electron chi connectivity index (χ2n) is 7.15. The Morgan fingerprint density at radius 1 is 1.04 bits per heavy atom. The Labute approximate surface area is 162 Å². The molecular weight excluding hydrogens is 374 g/mol. The van der Waals surface area contributed by atoms with Gasteiger partial charge in [0.2, 0.25) is 5.91 Å². The van der Waals surface area contributed by atoms with E-state index in [2.05, 4.69) is 16.7 Å². The standard InChI is InChI=1S/C20H23F4N3O/c21-17-7-5-16(6-8-17)3-1-9-25-11-13-26(14-12-25)18-4-2-10-27(19(18)28)15-20(22,23)24/h5-8,18H,2,4,9-15H2/t18-/m0/s1. The number of hydrogen-bond acceptors (Lipinski definition) is 3. The summed E-state index contributed by atoms with van der Waals surface area (Å²) in [7, 11) is 0. The third-order valence-corrected chi connectivity index (χ3v) is 5.10. The van der Waals surface area contributed by atoms with Crippen LogP contribution in [0.4, 0.5) is 17.6 Å². The molecule has 1 amide bonds. The average Bonchev–Trinajstić information content (AvgIpc) is 2.65. The summed E-state index contributed by atoms with van der Waals surface area (Å²) in [6.07, 6.45) is -3.16. The van der Waals surface area contributed by atoms with Crippen molar-refractivity contribution in [2.24, 2.45) is 0 Å². The molecule has 0 aromatic heterocycles. The van der Waals surface area contributed by atoms with E-state index in [0.717, 1.165) is 10.5 Å². The fourth-order valence-electron chi connectivity index (χ4n) is 3.65. The molecule has 4 nitrogen and oxygen atoms in total. The first-order chi connectivity index (χ1) is 13.3. The zero-order chi connectivity index (χ0) is 20.1. The van der Waals surface area contributed by atoms with Crippen molar-refractivity contribution in [3.63, 3.8) is 0 Å². The first kappa shape index (κ1) is 20.6. The number of halogens is 4. The van der Waals surface area contributed by atoms with Crippen LogP contribution in [0.15, 0.2) is 24.3 Å². The van der Waals surface area contributed by atoms with E-state index in [1.165, 1.54) is 12.1 Å². The molecule has 2 fully saturated rings. The van der Waals surface area contributed by atoms with Gasteiger partial charge >= 0.3 is 6.18 Å². The van der Waals surface area contributed by atoms with Gasteiger partial charge in [-0.2, -0.15) is 13.2 Å². The van der Waals surface area contributed by atoms with Crippen molar-refractivity contribution in [3.05, 3.63) is 35.6 Å². The van der Waals surface area contributed by atoms with Crippen LogP contribution < -0.4 is 0 Å². The fraction of sp³-hybridized carbons (Fsp3) is 0.550. The van der Waals surface area contributed by atoms with Crippen LogP contribution in [0, 0.1) is 17.7 Å². The van der Waals surface area contributed by atoms with E-state index in [0.29, 0.717) is 45.6 Å². The summed E-state index contributed by atoms with van der Waals surface area (Å²) in [4.78, 5) is 17.5. The number of carbonyl (C=O) groups excluding carboxylic acids is 1. The van der Waals surface area contributed by atoms with E-state index >= 15 is 0 Å². The Hall–Kier alpha value is -2.11. The highest BCUT2D eigenvalue weighted by Crippen LogP contribution is 2.23. The average molecular weight is 397 g/mol. The molecule has 0 unspecified atom stereocenters. The number of hydrogen-bond donors (Lipinski definition) is 0. The molecule has 0 saturated carbocycles. The van der Waals surface area contributed by atoms with Gasteiger partial charge in [0.1, 0.15) is 12.4 Å². The zero-order valence-corrected chi connectivity index (χ0v) is 15.5. The summed E-state index contributed by atoms with van der Waals surface area (Å²) in [5.74, 6) is 5.34. The normalized spacial score (nSPS) is 22.1. The predicted molar refractivity (Wildman–Crippen MR) is 96.9 cm³/mol. The Morgan fingerprint density at radius 3 is 2.36 bits per heavy atom. The third kappa shape index (κ3) is 5.69. The quantitative estimate of drug-likeness (QED) is 0.579. The second kappa shape index (κ2) is 8.93. The maximum absolute atomic E-state index is 12.9. The summed E-state index contributed by atoms with van der Waals surface area (Å²) >= 11 is 0. The van der Waals surface area contributed by atoms with Gasteiger partial charge in [0, 0.05) is 38.3 Å². The van der Waals surface area contributed by atoms with Gasteiger partial charge in [0.05, 0.1) is 12.6 Å². The topological polar surface area (TPSA) is 26.8 Å². The van der Waals surface area contributed by atoms with E-state index in [4.69, 9.17) is 0 Å². The molecule has 1 aromatic carbocycles. The molecule has 0 radical (unpaired) electrons. The minimum Gasteiger partial charge on any atom is -0.332 e. The van der Waals surface area contributed by atoms with Crippen LogP contribution >= 0.6 is 0 Å². The summed E-state index contributed by atoms with van der Waals surface area (Å²) in [5, 5.41) is 0. The molecule has 0 aliphatic carbocycles. The largest absolute Gasteiger partial charge is 0.406 e. The molecule has 3 rings (SSSR count). The Balaban J connectivity index is 1.48. The molecule has 1 aromatic rings.